The fourth-order valence-corrected chi connectivity index (χ4v) is 4.82. The molecule has 28 heavy (non-hydrogen) atoms. The van der Waals surface area contributed by atoms with E-state index in [0.29, 0.717) is 0 Å². The van der Waals surface area contributed by atoms with E-state index in [0.717, 1.165) is 36.7 Å². The highest BCUT2D eigenvalue weighted by Crippen LogP contribution is 2.18. The molecule has 0 saturated carbocycles. The number of thiophene rings is 1. The molecule has 0 aliphatic carbocycles. The predicted octanol–water partition coefficient (Wildman–Crippen LogP) is 5.78. The number of likely N-dealkylation sites (tertiary alicyclic amines) is 1. The van der Waals surface area contributed by atoms with Gasteiger partial charge in [0.1, 0.15) is 0 Å². The summed E-state index contributed by atoms with van der Waals surface area (Å²) in [7, 11) is 0. The van der Waals surface area contributed by atoms with Gasteiger partial charge in [-0.2, -0.15) is 0 Å². The Labute approximate surface area is 179 Å². The van der Waals surface area contributed by atoms with Gasteiger partial charge in [0, 0.05) is 17.1 Å². The third kappa shape index (κ3) is 6.57. The predicted molar refractivity (Wildman–Crippen MR) is 126 cm³/mol. The average Bonchev–Trinajstić information content (AvgIpc) is 3.09. The van der Waals surface area contributed by atoms with Gasteiger partial charge in [0.15, 0.2) is 5.11 Å². The van der Waals surface area contributed by atoms with Crippen molar-refractivity contribution >= 4 is 34.4 Å². The molecule has 0 bridgehead atoms. The summed E-state index contributed by atoms with van der Waals surface area (Å²) in [6.45, 7) is 7.77. The summed E-state index contributed by atoms with van der Waals surface area (Å²) in [4.78, 5) is 6.34. The SMILES string of the molecule is CCc1ccccc1NC(=S)N(CCCN1CCCCCC1)Cc1cccs1. The van der Waals surface area contributed by atoms with Crippen LogP contribution in [0.15, 0.2) is 41.8 Å². The molecule has 0 radical (unpaired) electrons. The molecular formula is C23H33N3S2. The second kappa shape index (κ2) is 11.5. The van der Waals surface area contributed by atoms with Crippen molar-refractivity contribution in [3.05, 3.63) is 52.2 Å². The van der Waals surface area contributed by atoms with Crippen molar-refractivity contribution in [1.82, 2.24) is 9.80 Å². The summed E-state index contributed by atoms with van der Waals surface area (Å²) < 4.78 is 0. The maximum absolute atomic E-state index is 5.84. The van der Waals surface area contributed by atoms with E-state index in [1.807, 2.05) is 11.3 Å². The molecule has 1 fully saturated rings. The number of nitrogens with one attached hydrogen (secondary N) is 1. The first kappa shape index (κ1) is 21.3. The van der Waals surface area contributed by atoms with Crippen LogP contribution in [0.3, 0.4) is 0 Å². The summed E-state index contributed by atoms with van der Waals surface area (Å²) in [5.74, 6) is 0. The van der Waals surface area contributed by atoms with Gasteiger partial charge >= 0.3 is 0 Å². The number of thiocarbonyl (C=S) groups is 1. The number of rotatable bonds is 8. The minimum atomic E-state index is 0.838. The molecule has 1 aliphatic rings. The summed E-state index contributed by atoms with van der Waals surface area (Å²) in [5, 5.41) is 6.51. The van der Waals surface area contributed by atoms with Crippen LogP contribution in [0, 0.1) is 0 Å². The topological polar surface area (TPSA) is 18.5 Å². The molecule has 1 aromatic heterocycles. The Bertz CT molecular complexity index is 706. The maximum Gasteiger partial charge on any atom is 0.173 e. The molecule has 3 rings (SSSR count). The molecule has 0 atom stereocenters. The highest BCUT2D eigenvalue weighted by atomic mass is 32.1. The van der Waals surface area contributed by atoms with E-state index in [-0.39, 0.29) is 0 Å². The first-order valence-corrected chi connectivity index (χ1v) is 11.9. The van der Waals surface area contributed by atoms with Gasteiger partial charge in [-0.3, -0.25) is 0 Å². The van der Waals surface area contributed by atoms with E-state index >= 15 is 0 Å². The third-order valence-corrected chi connectivity index (χ3v) is 6.68. The van der Waals surface area contributed by atoms with Crippen molar-refractivity contribution in [2.45, 2.75) is 52.0 Å². The van der Waals surface area contributed by atoms with Gasteiger partial charge in [0.2, 0.25) is 0 Å². The Balaban J connectivity index is 1.59. The van der Waals surface area contributed by atoms with Crippen molar-refractivity contribution in [3.63, 3.8) is 0 Å². The van der Waals surface area contributed by atoms with E-state index in [1.165, 1.54) is 55.8 Å². The molecular weight excluding hydrogens is 382 g/mol. The molecule has 152 valence electrons. The fourth-order valence-electron chi connectivity index (χ4n) is 3.83. The lowest BCUT2D eigenvalue weighted by atomic mass is 10.1. The van der Waals surface area contributed by atoms with Crippen molar-refractivity contribution in [2.75, 3.05) is 31.5 Å². The quantitative estimate of drug-likeness (QED) is 0.551. The molecule has 0 amide bonds. The van der Waals surface area contributed by atoms with Crippen LogP contribution < -0.4 is 5.32 Å². The van der Waals surface area contributed by atoms with Crippen LogP contribution in [-0.4, -0.2) is 41.1 Å². The summed E-state index contributed by atoms with van der Waals surface area (Å²) in [6, 6.07) is 12.8. The highest BCUT2D eigenvalue weighted by molar-refractivity contribution is 7.80. The summed E-state index contributed by atoms with van der Waals surface area (Å²) in [6.07, 6.45) is 7.66. The molecule has 3 nitrogen and oxygen atoms in total. The molecule has 1 aliphatic heterocycles. The van der Waals surface area contributed by atoms with E-state index < -0.39 is 0 Å². The number of para-hydroxylation sites is 1. The molecule has 0 unspecified atom stereocenters. The molecule has 5 heteroatoms. The Morgan fingerprint density at radius 3 is 2.61 bits per heavy atom. The van der Waals surface area contributed by atoms with Crippen molar-refractivity contribution in [1.29, 1.82) is 0 Å². The normalized spacial score (nSPS) is 15.2. The minimum Gasteiger partial charge on any atom is -0.344 e. The molecule has 1 aromatic carbocycles. The number of benzene rings is 1. The van der Waals surface area contributed by atoms with Crippen LogP contribution in [0.1, 0.15) is 49.5 Å². The average molecular weight is 416 g/mol. The largest absolute Gasteiger partial charge is 0.344 e. The lowest BCUT2D eigenvalue weighted by molar-refractivity contribution is 0.266. The van der Waals surface area contributed by atoms with Gasteiger partial charge in [-0.05, 0) is 80.6 Å². The molecule has 0 spiro atoms. The Morgan fingerprint density at radius 1 is 1.11 bits per heavy atom. The zero-order chi connectivity index (χ0) is 19.6. The first-order valence-electron chi connectivity index (χ1n) is 10.6. The van der Waals surface area contributed by atoms with Crippen LogP contribution >= 0.6 is 23.6 Å². The Hall–Kier alpha value is -1.43. The Morgan fingerprint density at radius 2 is 1.89 bits per heavy atom. The smallest absolute Gasteiger partial charge is 0.173 e. The summed E-state index contributed by atoms with van der Waals surface area (Å²) >= 11 is 7.64. The molecule has 1 saturated heterocycles. The second-order valence-electron chi connectivity index (χ2n) is 7.55. The van der Waals surface area contributed by atoms with Gasteiger partial charge in [-0.15, -0.1) is 11.3 Å². The first-order chi connectivity index (χ1) is 13.8. The van der Waals surface area contributed by atoms with E-state index in [1.54, 1.807) is 0 Å². The zero-order valence-electron chi connectivity index (χ0n) is 17.0. The van der Waals surface area contributed by atoms with E-state index in [2.05, 4.69) is 63.8 Å². The number of hydrogen-bond donors (Lipinski definition) is 1. The summed E-state index contributed by atoms with van der Waals surface area (Å²) in [5.41, 5.74) is 2.45. The van der Waals surface area contributed by atoms with Crippen LogP contribution in [0.25, 0.3) is 0 Å². The number of hydrogen-bond acceptors (Lipinski definition) is 3. The standard InChI is InChI=1S/C23H33N3S2/c1-2-20-11-5-6-13-22(20)24-23(27)26(19-21-12-9-18-28-21)17-10-16-25-14-7-3-4-8-15-25/h5-6,9,11-13,18H,2-4,7-8,10,14-17,19H2,1H3,(H,24,27). The highest BCUT2D eigenvalue weighted by Gasteiger charge is 2.14. The number of anilines is 1. The van der Waals surface area contributed by atoms with E-state index in [4.69, 9.17) is 12.2 Å². The van der Waals surface area contributed by atoms with Crippen molar-refractivity contribution in [2.24, 2.45) is 0 Å². The van der Waals surface area contributed by atoms with Crippen LogP contribution in [-0.2, 0) is 13.0 Å². The maximum atomic E-state index is 5.84. The van der Waals surface area contributed by atoms with Gasteiger partial charge in [-0.1, -0.05) is 44.0 Å². The second-order valence-corrected chi connectivity index (χ2v) is 8.97. The molecule has 2 heterocycles. The lowest BCUT2D eigenvalue weighted by Gasteiger charge is -2.28. The van der Waals surface area contributed by atoms with Crippen molar-refractivity contribution < 1.29 is 0 Å². The van der Waals surface area contributed by atoms with Gasteiger partial charge in [0.25, 0.3) is 0 Å². The van der Waals surface area contributed by atoms with Crippen LogP contribution in [0.4, 0.5) is 5.69 Å². The van der Waals surface area contributed by atoms with Crippen molar-refractivity contribution in [3.8, 4) is 0 Å². The van der Waals surface area contributed by atoms with Gasteiger partial charge in [0.05, 0.1) is 6.54 Å². The molecule has 1 N–H and O–H groups in total. The monoisotopic (exact) mass is 415 g/mol. The Kier molecular flexibility index (Phi) is 8.77. The minimum absolute atomic E-state index is 0.838. The van der Waals surface area contributed by atoms with E-state index in [9.17, 15) is 0 Å². The van der Waals surface area contributed by atoms with Gasteiger partial charge in [-0.25, -0.2) is 0 Å². The van der Waals surface area contributed by atoms with Crippen LogP contribution in [0.2, 0.25) is 0 Å². The number of aryl methyl sites for hydroxylation is 1. The van der Waals surface area contributed by atoms with Gasteiger partial charge < -0.3 is 15.1 Å². The number of nitrogens with zero attached hydrogens (tertiary/aromatic N) is 2. The van der Waals surface area contributed by atoms with Crippen LogP contribution in [0.5, 0.6) is 0 Å². The zero-order valence-corrected chi connectivity index (χ0v) is 18.7. The lowest BCUT2D eigenvalue weighted by Crippen LogP contribution is -2.37. The third-order valence-electron chi connectivity index (χ3n) is 5.45. The molecule has 2 aromatic rings. The fraction of sp³-hybridized carbons (Fsp3) is 0.522.